The van der Waals surface area contributed by atoms with E-state index in [4.69, 9.17) is 4.52 Å². The summed E-state index contributed by atoms with van der Waals surface area (Å²) in [5, 5.41) is 8.53. The van der Waals surface area contributed by atoms with Crippen LogP contribution in [-0.4, -0.2) is 30.1 Å². The van der Waals surface area contributed by atoms with Gasteiger partial charge >= 0.3 is 5.97 Å². The molecule has 2 amide bonds. The molecule has 0 unspecified atom stereocenters. The summed E-state index contributed by atoms with van der Waals surface area (Å²) in [5.74, 6) is -0.930. The second kappa shape index (κ2) is 7.21. The summed E-state index contributed by atoms with van der Waals surface area (Å²) in [6.07, 6.45) is -0.429. The number of methoxy groups -OCH3 is 1. The van der Waals surface area contributed by atoms with Crippen LogP contribution in [0.3, 0.4) is 0 Å². The van der Waals surface area contributed by atoms with E-state index in [1.165, 1.54) is 19.2 Å². The first-order chi connectivity index (χ1) is 11.0. The average Bonchev–Trinajstić information content (AvgIpc) is 2.91. The van der Waals surface area contributed by atoms with E-state index >= 15 is 0 Å². The summed E-state index contributed by atoms with van der Waals surface area (Å²) in [6.45, 7) is 1.68. The third-order valence-electron chi connectivity index (χ3n) is 2.82. The van der Waals surface area contributed by atoms with Gasteiger partial charge in [0.15, 0.2) is 5.82 Å². The van der Waals surface area contributed by atoms with Crippen LogP contribution in [0, 0.1) is 6.92 Å². The molecule has 8 nitrogen and oxygen atoms in total. The Kier molecular flexibility index (Phi) is 5.08. The van der Waals surface area contributed by atoms with Crippen molar-refractivity contribution in [1.29, 1.82) is 0 Å². The topological polar surface area (TPSA) is 111 Å². The van der Waals surface area contributed by atoms with Gasteiger partial charge in [-0.2, -0.15) is 0 Å². The highest BCUT2D eigenvalue weighted by Gasteiger charge is 2.16. The van der Waals surface area contributed by atoms with Crippen molar-refractivity contribution < 1.29 is 23.6 Å². The number of amides is 2. The van der Waals surface area contributed by atoms with E-state index in [-0.39, 0.29) is 17.1 Å². The fourth-order valence-corrected chi connectivity index (χ4v) is 1.83. The minimum absolute atomic E-state index is 0.205. The summed E-state index contributed by atoms with van der Waals surface area (Å²) < 4.78 is 9.44. The molecule has 0 atom stereocenters. The third kappa shape index (κ3) is 4.40. The molecule has 0 saturated heterocycles. The lowest BCUT2D eigenvalue weighted by molar-refractivity contribution is -0.123. The maximum atomic E-state index is 11.9. The number of para-hydroxylation sites is 1. The Balaban J connectivity index is 1.97. The standard InChI is InChI=1S/C15H15N3O5/c1-9-7-12(18-23-9)17-14(20)8-13(19)16-11-6-4-3-5-10(11)15(21)22-2/h3-7H,8H2,1-2H3,(H,16,19)(H,17,18,20). The van der Waals surface area contributed by atoms with E-state index in [0.29, 0.717) is 5.76 Å². The normalized spacial score (nSPS) is 10.0. The van der Waals surface area contributed by atoms with Crippen molar-refractivity contribution in [2.45, 2.75) is 13.3 Å². The lowest BCUT2D eigenvalue weighted by Crippen LogP contribution is -2.22. The van der Waals surface area contributed by atoms with Crippen molar-refractivity contribution in [3.05, 3.63) is 41.7 Å². The molecule has 0 fully saturated rings. The number of carbonyl (C=O) groups excluding carboxylic acids is 3. The van der Waals surface area contributed by atoms with Gasteiger partial charge in [-0.05, 0) is 19.1 Å². The van der Waals surface area contributed by atoms with E-state index in [1.54, 1.807) is 25.1 Å². The van der Waals surface area contributed by atoms with E-state index in [2.05, 4.69) is 20.5 Å². The maximum Gasteiger partial charge on any atom is 0.339 e. The van der Waals surface area contributed by atoms with Crippen molar-refractivity contribution in [1.82, 2.24) is 5.16 Å². The number of benzene rings is 1. The van der Waals surface area contributed by atoms with Crippen LogP contribution < -0.4 is 10.6 Å². The highest BCUT2D eigenvalue weighted by molar-refractivity contribution is 6.09. The Bertz CT molecular complexity index is 738. The van der Waals surface area contributed by atoms with Gasteiger partial charge in [-0.3, -0.25) is 9.59 Å². The molecular weight excluding hydrogens is 302 g/mol. The summed E-state index contributed by atoms with van der Waals surface area (Å²) in [4.78, 5) is 35.3. The summed E-state index contributed by atoms with van der Waals surface area (Å²) in [7, 11) is 1.24. The first kappa shape index (κ1) is 16.2. The summed E-state index contributed by atoms with van der Waals surface area (Å²) >= 11 is 0. The van der Waals surface area contributed by atoms with Crippen LogP contribution in [-0.2, 0) is 14.3 Å². The average molecular weight is 317 g/mol. The number of hydrogen-bond donors (Lipinski definition) is 2. The van der Waals surface area contributed by atoms with Gasteiger partial charge in [0.25, 0.3) is 0 Å². The molecule has 0 saturated carbocycles. The number of esters is 1. The minimum Gasteiger partial charge on any atom is -0.465 e. The van der Waals surface area contributed by atoms with Crippen LogP contribution in [0.25, 0.3) is 0 Å². The number of aryl methyl sites for hydroxylation is 1. The fourth-order valence-electron chi connectivity index (χ4n) is 1.83. The van der Waals surface area contributed by atoms with Gasteiger partial charge < -0.3 is 19.9 Å². The lowest BCUT2D eigenvalue weighted by atomic mass is 10.1. The van der Waals surface area contributed by atoms with Gasteiger partial charge in [-0.1, -0.05) is 17.3 Å². The second-order valence-corrected chi connectivity index (χ2v) is 4.63. The fraction of sp³-hybridized carbons (Fsp3) is 0.200. The maximum absolute atomic E-state index is 11.9. The molecule has 0 aliphatic heterocycles. The summed E-state index contributed by atoms with van der Waals surface area (Å²) in [5.41, 5.74) is 0.477. The van der Waals surface area contributed by atoms with Crippen LogP contribution in [0.2, 0.25) is 0 Å². The van der Waals surface area contributed by atoms with Crippen molar-refractivity contribution in [3.63, 3.8) is 0 Å². The number of hydrogen-bond acceptors (Lipinski definition) is 6. The molecule has 0 spiro atoms. The monoisotopic (exact) mass is 317 g/mol. The number of carbonyl (C=O) groups is 3. The smallest absolute Gasteiger partial charge is 0.339 e. The molecule has 8 heteroatoms. The molecule has 2 aromatic rings. The highest BCUT2D eigenvalue weighted by Crippen LogP contribution is 2.16. The zero-order chi connectivity index (χ0) is 16.8. The first-order valence-electron chi connectivity index (χ1n) is 6.70. The predicted molar refractivity (Wildman–Crippen MR) is 80.9 cm³/mol. The van der Waals surface area contributed by atoms with Crippen LogP contribution >= 0.6 is 0 Å². The van der Waals surface area contributed by atoms with Gasteiger partial charge in [0, 0.05) is 6.07 Å². The van der Waals surface area contributed by atoms with E-state index < -0.39 is 24.2 Å². The highest BCUT2D eigenvalue weighted by atomic mass is 16.5. The quantitative estimate of drug-likeness (QED) is 0.642. The number of anilines is 2. The molecule has 23 heavy (non-hydrogen) atoms. The molecule has 0 radical (unpaired) electrons. The first-order valence-corrected chi connectivity index (χ1v) is 6.70. The predicted octanol–water partition coefficient (Wildman–Crippen LogP) is 1.74. The van der Waals surface area contributed by atoms with E-state index in [9.17, 15) is 14.4 Å². The molecule has 1 aromatic carbocycles. The molecule has 1 aromatic heterocycles. The van der Waals surface area contributed by atoms with Gasteiger partial charge in [0.1, 0.15) is 12.2 Å². The number of nitrogens with zero attached hydrogens (tertiary/aromatic N) is 1. The Morgan fingerprint density at radius 2 is 1.87 bits per heavy atom. The van der Waals surface area contributed by atoms with Crippen LogP contribution in [0.4, 0.5) is 11.5 Å². The van der Waals surface area contributed by atoms with E-state index in [1.807, 2.05) is 0 Å². The third-order valence-corrected chi connectivity index (χ3v) is 2.82. The van der Waals surface area contributed by atoms with Crippen molar-refractivity contribution in [3.8, 4) is 0 Å². The number of nitrogens with one attached hydrogen (secondary N) is 2. The Hall–Kier alpha value is -3.16. The van der Waals surface area contributed by atoms with E-state index in [0.717, 1.165) is 0 Å². The summed E-state index contributed by atoms with van der Waals surface area (Å²) in [6, 6.07) is 7.88. The molecule has 1 heterocycles. The largest absolute Gasteiger partial charge is 0.465 e. The number of aromatic nitrogens is 1. The SMILES string of the molecule is COC(=O)c1ccccc1NC(=O)CC(=O)Nc1cc(C)on1. The number of ether oxygens (including phenoxy) is 1. The Labute approximate surface area is 131 Å². The van der Waals surface area contributed by atoms with Crippen molar-refractivity contribution in [2.75, 3.05) is 17.7 Å². The van der Waals surface area contributed by atoms with Crippen molar-refractivity contribution in [2.24, 2.45) is 0 Å². The minimum atomic E-state index is -0.580. The lowest BCUT2D eigenvalue weighted by Gasteiger charge is -2.09. The van der Waals surface area contributed by atoms with Gasteiger partial charge in [-0.25, -0.2) is 4.79 Å². The molecule has 0 aliphatic rings. The second-order valence-electron chi connectivity index (χ2n) is 4.63. The van der Waals surface area contributed by atoms with Gasteiger partial charge in [0.2, 0.25) is 11.8 Å². The van der Waals surface area contributed by atoms with Crippen LogP contribution in [0.15, 0.2) is 34.9 Å². The van der Waals surface area contributed by atoms with Crippen molar-refractivity contribution >= 4 is 29.3 Å². The number of rotatable bonds is 5. The molecule has 2 rings (SSSR count). The molecular formula is C15H15N3O5. The Morgan fingerprint density at radius 1 is 1.17 bits per heavy atom. The molecule has 0 bridgehead atoms. The van der Waals surface area contributed by atoms with Crippen LogP contribution in [0.5, 0.6) is 0 Å². The van der Waals surface area contributed by atoms with Gasteiger partial charge in [-0.15, -0.1) is 0 Å². The van der Waals surface area contributed by atoms with Crippen LogP contribution in [0.1, 0.15) is 22.5 Å². The van der Waals surface area contributed by atoms with Gasteiger partial charge in [0.05, 0.1) is 18.4 Å². The zero-order valence-electron chi connectivity index (χ0n) is 12.6. The molecule has 0 aliphatic carbocycles. The molecule has 2 N–H and O–H groups in total. The molecule has 120 valence electrons. The zero-order valence-corrected chi connectivity index (χ0v) is 12.6. The Morgan fingerprint density at radius 3 is 2.52 bits per heavy atom.